The quantitative estimate of drug-likeness (QED) is 0.718. The molecule has 1 aromatic rings. The van der Waals surface area contributed by atoms with Crippen LogP contribution in [0, 0.1) is 5.92 Å². The van der Waals surface area contributed by atoms with Gasteiger partial charge in [0.25, 0.3) is 5.91 Å². The minimum Gasteiger partial charge on any atom is -0.496 e. The Morgan fingerprint density at radius 2 is 1.92 bits per heavy atom. The number of benzene rings is 1. The Bertz CT molecular complexity index is 587. The Morgan fingerprint density at radius 3 is 2.40 bits per heavy atom. The van der Waals surface area contributed by atoms with Crippen molar-refractivity contribution in [3.05, 3.63) is 23.8 Å². The van der Waals surface area contributed by atoms with E-state index in [2.05, 4.69) is 5.32 Å². The molecule has 0 saturated carbocycles. The Balaban J connectivity index is 3.07. The molecule has 0 unspecified atom stereocenters. The van der Waals surface area contributed by atoms with Crippen LogP contribution in [0.4, 0.5) is 18.9 Å². The van der Waals surface area contributed by atoms with Crippen LogP contribution < -0.4 is 10.1 Å². The van der Waals surface area contributed by atoms with Crippen molar-refractivity contribution in [1.82, 2.24) is 0 Å². The van der Waals surface area contributed by atoms with Crippen LogP contribution in [0.1, 0.15) is 46.1 Å². The number of carbonyl (C=O) groups excluding carboxylic acids is 1. The Labute approximate surface area is 146 Å². The highest BCUT2D eigenvalue weighted by atomic mass is 19.4. The van der Waals surface area contributed by atoms with E-state index < -0.39 is 23.2 Å². The molecule has 4 nitrogen and oxygen atoms in total. The van der Waals surface area contributed by atoms with Crippen molar-refractivity contribution in [3.8, 4) is 5.75 Å². The lowest BCUT2D eigenvalue weighted by atomic mass is 9.93. The zero-order chi connectivity index (χ0) is 19.3. The molecule has 0 aliphatic rings. The van der Waals surface area contributed by atoms with E-state index in [-0.39, 0.29) is 17.4 Å². The Hall–Kier alpha value is -1.76. The first-order valence-corrected chi connectivity index (χ1v) is 8.24. The van der Waals surface area contributed by atoms with Crippen molar-refractivity contribution in [2.45, 2.75) is 52.3 Å². The molecule has 0 fully saturated rings. The second-order valence-electron chi connectivity index (χ2n) is 6.54. The highest BCUT2D eigenvalue weighted by Crippen LogP contribution is 2.38. The average molecular weight is 361 g/mol. The van der Waals surface area contributed by atoms with E-state index in [0.29, 0.717) is 13.0 Å². The summed E-state index contributed by atoms with van der Waals surface area (Å²) in [6.07, 6.45) is -3.38. The first kappa shape index (κ1) is 21.3. The van der Waals surface area contributed by atoms with E-state index in [0.717, 1.165) is 12.5 Å². The molecule has 1 amide bonds. The van der Waals surface area contributed by atoms with Gasteiger partial charge in [0.1, 0.15) is 11.4 Å². The fourth-order valence-electron chi connectivity index (χ4n) is 2.59. The topological polar surface area (TPSA) is 47.6 Å². The molecule has 0 aliphatic heterocycles. The van der Waals surface area contributed by atoms with Crippen LogP contribution in [0.15, 0.2) is 18.2 Å². The number of alkyl halides is 3. The minimum atomic E-state index is -4.58. The third kappa shape index (κ3) is 5.92. The molecule has 1 aromatic carbocycles. The fourth-order valence-corrected chi connectivity index (χ4v) is 2.59. The SMILES string of the molecule is CCCO[C@](C)(CC(C)C)C(=O)Nc1ccc(OC)c(C(F)(F)F)c1. The van der Waals surface area contributed by atoms with Gasteiger partial charge in [-0.25, -0.2) is 0 Å². The second kappa shape index (κ2) is 8.56. The van der Waals surface area contributed by atoms with Crippen molar-refractivity contribution in [2.75, 3.05) is 19.0 Å². The van der Waals surface area contributed by atoms with E-state index >= 15 is 0 Å². The molecule has 25 heavy (non-hydrogen) atoms. The second-order valence-corrected chi connectivity index (χ2v) is 6.54. The molecule has 1 rings (SSSR count). The lowest BCUT2D eigenvalue weighted by molar-refractivity contribution is -0.141. The van der Waals surface area contributed by atoms with Gasteiger partial charge in [0.05, 0.1) is 12.7 Å². The van der Waals surface area contributed by atoms with Crippen LogP contribution >= 0.6 is 0 Å². The molecule has 0 heterocycles. The lowest BCUT2D eigenvalue weighted by Crippen LogP contribution is -2.44. The maximum atomic E-state index is 13.1. The summed E-state index contributed by atoms with van der Waals surface area (Å²) in [7, 11) is 1.17. The number of halogens is 3. The van der Waals surface area contributed by atoms with Gasteiger partial charge in [0, 0.05) is 12.3 Å². The molecule has 0 bridgehead atoms. The summed E-state index contributed by atoms with van der Waals surface area (Å²) in [5, 5.41) is 2.54. The van der Waals surface area contributed by atoms with Crippen LogP contribution in [0.5, 0.6) is 5.75 Å². The molecule has 0 saturated heterocycles. The standard InChI is InChI=1S/C18H26F3NO3/c1-6-9-25-17(4,11-12(2)3)16(23)22-13-7-8-15(24-5)14(10-13)18(19,20)21/h7-8,10,12H,6,9,11H2,1-5H3,(H,22,23)/t17-/m1/s1. The van der Waals surface area contributed by atoms with Gasteiger partial charge in [-0.1, -0.05) is 20.8 Å². The predicted octanol–water partition coefficient (Wildman–Crippen LogP) is 4.88. The molecule has 7 heteroatoms. The van der Waals surface area contributed by atoms with Gasteiger partial charge in [0.2, 0.25) is 0 Å². The molecular formula is C18H26F3NO3. The molecule has 0 aromatic heterocycles. The fraction of sp³-hybridized carbons (Fsp3) is 0.611. The van der Waals surface area contributed by atoms with Gasteiger partial charge in [-0.05, 0) is 43.9 Å². The third-order valence-corrected chi connectivity index (χ3v) is 3.67. The van der Waals surface area contributed by atoms with Crippen molar-refractivity contribution in [3.63, 3.8) is 0 Å². The normalized spacial score (nSPS) is 14.3. The Kier molecular flexibility index (Phi) is 7.29. The van der Waals surface area contributed by atoms with E-state index in [1.807, 2.05) is 20.8 Å². The van der Waals surface area contributed by atoms with E-state index in [1.54, 1.807) is 6.92 Å². The smallest absolute Gasteiger partial charge is 0.420 e. The highest BCUT2D eigenvalue weighted by molar-refractivity contribution is 5.97. The number of anilines is 1. The summed E-state index contributed by atoms with van der Waals surface area (Å²) in [5.74, 6) is -0.570. The summed E-state index contributed by atoms with van der Waals surface area (Å²) >= 11 is 0. The van der Waals surface area contributed by atoms with Crippen molar-refractivity contribution >= 4 is 11.6 Å². The number of carbonyl (C=O) groups is 1. The number of rotatable bonds is 8. The van der Waals surface area contributed by atoms with Crippen LogP contribution in [-0.2, 0) is 15.7 Å². The number of amides is 1. The summed E-state index contributed by atoms with van der Waals surface area (Å²) < 4.78 is 49.8. The first-order chi connectivity index (χ1) is 11.5. The summed E-state index contributed by atoms with van der Waals surface area (Å²) in [6, 6.07) is 3.43. The largest absolute Gasteiger partial charge is 0.496 e. The summed E-state index contributed by atoms with van der Waals surface area (Å²) in [6.45, 7) is 7.89. The van der Waals surface area contributed by atoms with Gasteiger partial charge in [-0.15, -0.1) is 0 Å². The van der Waals surface area contributed by atoms with E-state index in [4.69, 9.17) is 9.47 Å². The van der Waals surface area contributed by atoms with Gasteiger partial charge in [0.15, 0.2) is 0 Å². The number of ether oxygens (including phenoxy) is 2. The monoisotopic (exact) mass is 361 g/mol. The number of methoxy groups -OCH3 is 1. The highest BCUT2D eigenvalue weighted by Gasteiger charge is 2.37. The molecule has 1 atom stereocenters. The van der Waals surface area contributed by atoms with Gasteiger partial charge in [-0.3, -0.25) is 4.79 Å². The number of hydrogen-bond acceptors (Lipinski definition) is 3. The number of nitrogens with one attached hydrogen (secondary N) is 1. The molecule has 0 aliphatic carbocycles. The van der Waals surface area contributed by atoms with E-state index in [1.165, 1.54) is 19.2 Å². The predicted molar refractivity (Wildman–Crippen MR) is 90.7 cm³/mol. The first-order valence-electron chi connectivity index (χ1n) is 8.24. The molecule has 0 spiro atoms. The van der Waals surface area contributed by atoms with Crippen molar-refractivity contribution < 1.29 is 27.4 Å². The van der Waals surface area contributed by atoms with Crippen LogP contribution in [0.25, 0.3) is 0 Å². The summed E-state index contributed by atoms with van der Waals surface area (Å²) in [4.78, 5) is 12.6. The zero-order valence-corrected chi connectivity index (χ0v) is 15.3. The number of hydrogen-bond donors (Lipinski definition) is 1. The van der Waals surface area contributed by atoms with Crippen LogP contribution in [0.2, 0.25) is 0 Å². The minimum absolute atomic E-state index is 0.0493. The van der Waals surface area contributed by atoms with Crippen LogP contribution in [-0.4, -0.2) is 25.2 Å². The van der Waals surface area contributed by atoms with Gasteiger partial charge >= 0.3 is 6.18 Å². The zero-order valence-electron chi connectivity index (χ0n) is 15.3. The molecule has 142 valence electrons. The molecule has 1 N–H and O–H groups in total. The average Bonchev–Trinajstić information content (AvgIpc) is 2.51. The maximum absolute atomic E-state index is 13.1. The van der Waals surface area contributed by atoms with Crippen LogP contribution in [0.3, 0.4) is 0 Å². The molecular weight excluding hydrogens is 335 g/mol. The molecule has 0 radical (unpaired) electrons. The third-order valence-electron chi connectivity index (χ3n) is 3.67. The van der Waals surface area contributed by atoms with Gasteiger partial charge in [-0.2, -0.15) is 13.2 Å². The van der Waals surface area contributed by atoms with Crippen molar-refractivity contribution in [1.29, 1.82) is 0 Å². The lowest BCUT2D eigenvalue weighted by Gasteiger charge is -2.30. The maximum Gasteiger partial charge on any atom is 0.420 e. The van der Waals surface area contributed by atoms with E-state index in [9.17, 15) is 18.0 Å². The van der Waals surface area contributed by atoms with Crippen molar-refractivity contribution in [2.24, 2.45) is 5.92 Å². The summed E-state index contributed by atoms with van der Waals surface area (Å²) in [5.41, 5.74) is -2.00. The van der Waals surface area contributed by atoms with Gasteiger partial charge < -0.3 is 14.8 Å². The Morgan fingerprint density at radius 1 is 1.28 bits per heavy atom.